The summed E-state index contributed by atoms with van der Waals surface area (Å²) in [6, 6.07) is 10.1. The minimum absolute atomic E-state index is 0.0771. The number of ketones is 1. The SMILES string of the molecule is CCOc1cc(C=CC(=O)c2ccc3c(c2)OCCCO3)ccc1O. The molecule has 0 atom stereocenters. The highest BCUT2D eigenvalue weighted by Crippen LogP contribution is 2.31. The standard InChI is InChI=1S/C20H20O5/c1-2-23-19-12-14(5-8-17(19)22)4-7-16(21)15-6-9-18-20(13-15)25-11-3-10-24-18/h4-9,12-13,22H,2-3,10-11H2,1H3. The molecule has 1 N–H and O–H groups in total. The average Bonchev–Trinajstić information content (AvgIpc) is 2.87. The van der Waals surface area contributed by atoms with E-state index in [1.807, 2.05) is 6.92 Å². The molecule has 1 aliphatic rings. The first-order valence-electron chi connectivity index (χ1n) is 8.25. The summed E-state index contributed by atoms with van der Waals surface area (Å²) in [5.41, 5.74) is 1.30. The zero-order valence-corrected chi connectivity index (χ0v) is 14.0. The van der Waals surface area contributed by atoms with Gasteiger partial charge >= 0.3 is 0 Å². The van der Waals surface area contributed by atoms with Gasteiger partial charge in [-0.25, -0.2) is 0 Å². The van der Waals surface area contributed by atoms with Gasteiger partial charge in [-0.3, -0.25) is 4.79 Å². The van der Waals surface area contributed by atoms with Gasteiger partial charge in [-0.05, 0) is 48.9 Å². The lowest BCUT2D eigenvalue weighted by molar-refractivity contribution is 0.104. The predicted molar refractivity (Wildman–Crippen MR) is 94.7 cm³/mol. The Labute approximate surface area is 146 Å². The second-order valence-electron chi connectivity index (χ2n) is 5.57. The molecular weight excluding hydrogens is 320 g/mol. The van der Waals surface area contributed by atoms with E-state index in [1.54, 1.807) is 42.5 Å². The van der Waals surface area contributed by atoms with Crippen molar-refractivity contribution in [3.63, 3.8) is 0 Å². The number of hydrogen-bond acceptors (Lipinski definition) is 5. The van der Waals surface area contributed by atoms with Crippen LogP contribution < -0.4 is 14.2 Å². The van der Waals surface area contributed by atoms with E-state index in [0.717, 1.165) is 12.0 Å². The molecule has 0 spiro atoms. The Hall–Kier alpha value is -2.95. The van der Waals surface area contributed by atoms with E-state index in [-0.39, 0.29) is 11.5 Å². The maximum absolute atomic E-state index is 12.4. The Morgan fingerprint density at radius 2 is 1.96 bits per heavy atom. The van der Waals surface area contributed by atoms with Gasteiger partial charge in [0.1, 0.15) is 0 Å². The molecule has 2 aromatic rings. The molecule has 2 aromatic carbocycles. The van der Waals surface area contributed by atoms with Crippen LogP contribution in [0.1, 0.15) is 29.3 Å². The Morgan fingerprint density at radius 3 is 2.76 bits per heavy atom. The normalized spacial score (nSPS) is 13.5. The van der Waals surface area contributed by atoms with Crippen LogP contribution in [0.3, 0.4) is 0 Å². The molecule has 5 nitrogen and oxygen atoms in total. The molecular formula is C20H20O5. The van der Waals surface area contributed by atoms with Gasteiger partial charge in [0, 0.05) is 12.0 Å². The quantitative estimate of drug-likeness (QED) is 0.661. The summed E-state index contributed by atoms with van der Waals surface area (Å²) in [4.78, 5) is 12.4. The molecule has 0 aliphatic carbocycles. The van der Waals surface area contributed by atoms with E-state index in [0.29, 0.717) is 42.6 Å². The number of phenols is 1. The van der Waals surface area contributed by atoms with Gasteiger partial charge in [-0.2, -0.15) is 0 Å². The number of rotatable bonds is 5. The number of carbonyl (C=O) groups excluding carboxylic acids is 1. The smallest absolute Gasteiger partial charge is 0.185 e. The summed E-state index contributed by atoms with van der Waals surface area (Å²) in [5.74, 6) is 1.60. The van der Waals surface area contributed by atoms with Crippen LogP contribution in [-0.2, 0) is 0 Å². The Bertz CT molecular complexity index is 795. The lowest BCUT2D eigenvalue weighted by Crippen LogP contribution is -1.98. The third-order valence-corrected chi connectivity index (χ3v) is 3.74. The summed E-state index contributed by atoms with van der Waals surface area (Å²) >= 11 is 0. The van der Waals surface area contributed by atoms with Crippen LogP contribution in [-0.4, -0.2) is 30.7 Å². The molecule has 0 unspecified atom stereocenters. The predicted octanol–water partition coefficient (Wildman–Crippen LogP) is 3.85. The van der Waals surface area contributed by atoms with E-state index in [9.17, 15) is 9.90 Å². The number of ether oxygens (including phenoxy) is 3. The van der Waals surface area contributed by atoms with E-state index in [4.69, 9.17) is 14.2 Å². The van der Waals surface area contributed by atoms with Crippen LogP contribution in [0, 0.1) is 0 Å². The number of carbonyl (C=O) groups is 1. The molecule has 1 heterocycles. The van der Waals surface area contributed by atoms with Gasteiger partial charge in [0.05, 0.1) is 19.8 Å². The fraction of sp³-hybridized carbons (Fsp3) is 0.250. The van der Waals surface area contributed by atoms with Crippen molar-refractivity contribution in [2.45, 2.75) is 13.3 Å². The monoisotopic (exact) mass is 340 g/mol. The fourth-order valence-corrected chi connectivity index (χ4v) is 2.49. The van der Waals surface area contributed by atoms with Gasteiger partial charge in [0.15, 0.2) is 28.8 Å². The number of phenolic OH excluding ortho intramolecular Hbond substituents is 1. The summed E-state index contributed by atoms with van der Waals surface area (Å²) < 4.78 is 16.5. The average molecular weight is 340 g/mol. The van der Waals surface area contributed by atoms with Crippen molar-refractivity contribution >= 4 is 11.9 Å². The number of hydrogen-bond donors (Lipinski definition) is 1. The van der Waals surface area contributed by atoms with Gasteiger partial charge in [0.25, 0.3) is 0 Å². The van der Waals surface area contributed by atoms with Crippen molar-refractivity contribution in [1.29, 1.82) is 0 Å². The van der Waals surface area contributed by atoms with Crippen LogP contribution in [0.5, 0.6) is 23.0 Å². The summed E-state index contributed by atoms with van der Waals surface area (Å²) in [5, 5.41) is 9.72. The van der Waals surface area contributed by atoms with Crippen LogP contribution in [0.2, 0.25) is 0 Å². The fourth-order valence-electron chi connectivity index (χ4n) is 2.49. The van der Waals surface area contributed by atoms with Crippen molar-refractivity contribution < 1.29 is 24.1 Å². The number of fused-ring (bicyclic) bond motifs is 1. The van der Waals surface area contributed by atoms with Crippen LogP contribution in [0.25, 0.3) is 6.08 Å². The van der Waals surface area contributed by atoms with Crippen molar-refractivity contribution in [2.24, 2.45) is 0 Å². The number of allylic oxidation sites excluding steroid dienone is 1. The third kappa shape index (κ3) is 4.12. The maximum Gasteiger partial charge on any atom is 0.185 e. The number of aromatic hydroxyl groups is 1. The van der Waals surface area contributed by atoms with Crippen molar-refractivity contribution in [1.82, 2.24) is 0 Å². The molecule has 0 amide bonds. The minimum Gasteiger partial charge on any atom is -0.504 e. The molecule has 0 aromatic heterocycles. The van der Waals surface area contributed by atoms with Gasteiger partial charge in [-0.1, -0.05) is 12.1 Å². The highest BCUT2D eigenvalue weighted by molar-refractivity contribution is 6.07. The van der Waals surface area contributed by atoms with E-state index >= 15 is 0 Å². The summed E-state index contributed by atoms with van der Waals surface area (Å²) in [6.45, 7) is 3.49. The molecule has 3 rings (SSSR count). The van der Waals surface area contributed by atoms with E-state index in [1.165, 1.54) is 6.08 Å². The Morgan fingerprint density at radius 1 is 1.16 bits per heavy atom. The molecule has 130 valence electrons. The maximum atomic E-state index is 12.4. The topological polar surface area (TPSA) is 65.0 Å². The van der Waals surface area contributed by atoms with Gasteiger partial charge in [-0.15, -0.1) is 0 Å². The van der Waals surface area contributed by atoms with Gasteiger partial charge in [0.2, 0.25) is 0 Å². The van der Waals surface area contributed by atoms with Gasteiger partial charge < -0.3 is 19.3 Å². The first-order valence-corrected chi connectivity index (χ1v) is 8.25. The molecule has 0 fully saturated rings. The Kier molecular flexibility index (Phi) is 5.23. The zero-order valence-electron chi connectivity index (χ0n) is 14.0. The molecule has 25 heavy (non-hydrogen) atoms. The van der Waals surface area contributed by atoms with Crippen LogP contribution in [0.15, 0.2) is 42.5 Å². The molecule has 5 heteroatoms. The van der Waals surface area contributed by atoms with Crippen molar-refractivity contribution in [3.8, 4) is 23.0 Å². The molecule has 0 saturated heterocycles. The second kappa shape index (κ2) is 7.75. The van der Waals surface area contributed by atoms with Crippen molar-refractivity contribution in [3.05, 3.63) is 53.6 Å². The summed E-state index contributed by atoms with van der Waals surface area (Å²) in [6.07, 6.45) is 4.00. The molecule has 0 radical (unpaired) electrons. The summed E-state index contributed by atoms with van der Waals surface area (Å²) in [7, 11) is 0. The minimum atomic E-state index is -0.137. The first-order chi connectivity index (χ1) is 12.2. The highest BCUT2D eigenvalue weighted by atomic mass is 16.5. The largest absolute Gasteiger partial charge is 0.504 e. The lowest BCUT2D eigenvalue weighted by atomic mass is 10.1. The zero-order chi connectivity index (χ0) is 17.6. The van der Waals surface area contributed by atoms with Crippen molar-refractivity contribution in [2.75, 3.05) is 19.8 Å². The Balaban J connectivity index is 1.77. The van der Waals surface area contributed by atoms with E-state index in [2.05, 4.69) is 0 Å². The second-order valence-corrected chi connectivity index (χ2v) is 5.57. The van der Waals surface area contributed by atoms with Crippen LogP contribution in [0.4, 0.5) is 0 Å². The van der Waals surface area contributed by atoms with E-state index < -0.39 is 0 Å². The lowest BCUT2D eigenvalue weighted by Gasteiger charge is -2.08. The molecule has 0 bridgehead atoms. The molecule has 0 saturated carbocycles. The third-order valence-electron chi connectivity index (χ3n) is 3.74. The number of benzene rings is 2. The molecule has 1 aliphatic heterocycles. The highest BCUT2D eigenvalue weighted by Gasteiger charge is 2.13. The first kappa shape index (κ1) is 16.9. The van der Waals surface area contributed by atoms with Crippen LogP contribution >= 0.6 is 0 Å².